The maximum atomic E-state index is 12.5. The maximum Gasteiger partial charge on any atom is 0.339 e. The Hall–Kier alpha value is -3.22. The molecule has 0 radical (unpaired) electrons. The number of aryl methyl sites for hydroxylation is 2. The highest BCUT2D eigenvalue weighted by molar-refractivity contribution is 5.98. The number of rotatable bonds is 6. The largest absolute Gasteiger partial charge is 0.449 e. The topological polar surface area (TPSA) is 98.5 Å². The lowest BCUT2D eigenvalue weighted by Crippen LogP contribution is -2.30. The van der Waals surface area contributed by atoms with E-state index in [0.717, 1.165) is 17.2 Å². The molecule has 7 nitrogen and oxygen atoms in total. The van der Waals surface area contributed by atoms with Crippen molar-refractivity contribution in [3.05, 3.63) is 68.8 Å². The van der Waals surface area contributed by atoms with E-state index >= 15 is 0 Å². The third-order valence-electron chi connectivity index (χ3n) is 4.47. The van der Waals surface area contributed by atoms with Crippen molar-refractivity contribution in [3.63, 3.8) is 0 Å². The van der Waals surface area contributed by atoms with Gasteiger partial charge < -0.3 is 10.1 Å². The Bertz CT molecular complexity index is 921. The molecule has 1 atom stereocenters. The molecule has 28 heavy (non-hydrogen) atoms. The van der Waals surface area contributed by atoms with Gasteiger partial charge in [0.15, 0.2) is 6.10 Å². The molecule has 2 rings (SSSR count). The Morgan fingerprint density at radius 2 is 1.75 bits per heavy atom. The van der Waals surface area contributed by atoms with E-state index < -0.39 is 22.9 Å². The number of hydrogen-bond acceptors (Lipinski definition) is 5. The van der Waals surface area contributed by atoms with Gasteiger partial charge >= 0.3 is 5.97 Å². The number of nitrogens with one attached hydrogen (secondary N) is 1. The van der Waals surface area contributed by atoms with Crippen LogP contribution in [-0.4, -0.2) is 22.9 Å². The summed E-state index contributed by atoms with van der Waals surface area (Å²) in [6, 6.07) is 9.82. The summed E-state index contributed by atoms with van der Waals surface area (Å²) >= 11 is 0. The number of amides is 1. The third kappa shape index (κ3) is 4.73. The number of esters is 1. The summed E-state index contributed by atoms with van der Waals surface area (Å²) in [4.78, 5) is 35.3. The molecule has 7 heteroatoms. The molecule has 0 fully saturated rings. The van der Waals surface area contributed by atoms with E-state index in [-0.39, 0.29) is 17.2 Å². The van der Waals surface area contributed by atoms with E-state index in [0.29, 0.717) is 11.3 Å². The minimum absolute atomic E-state index is 0.0238. The Morgan fingerprint density at radius 1 is 1.07 bits per heavy atom. The van der Waals surface area contributed by atoms with Gasteiger partial charge in [0.2, 0.25) is 0 Å². The van der Waals surface area contributed by atoms with Crippen molar-refractivity contribution in [2.75, 3.05) is 5.32 Å². The molecule has 2 aromatic carbocycles. The summed E-state index contributed by atoms with van der Waals surface area (Å²) in [6.45, 7) is 8.99. The first-order valence-corrected chi connectivity index (χ1v) is 8.98. The highest BCUT2D eigenvalue weighted by Gasteiger charge is 2.23. The zero-order valence-corrected chi connectivity index (χ0v) is 16.6. The van der Waals surface area contributed by atoms with E-state index in [1.54, 1.807) is 6.92 Å². The van der Waals surface area contributed by atoms with Crippen molar-refractivity contribution in [2.45, 2.75) is 46.6 Å². The van der Waals surface area contributed by atoms with Crippen LogP contribution in [0.15, 0.2) is 36.4 Å². The quantitative estimate of drug-likeness (QED) is 0.448. The molecule has 148 valence electrons. The predicted octanol–water partition coefficient (Wildman–Crippen LogP) is 4.52. The first-order valence-electron chi connectivity index (χ1n) is 8.98. The van der Waals surface area contributed by atoms with Crippen LogP contribution in [-0.2, 0) is 9.53 Å². The molecule has 0 unspecified atom stereocenters. The third-order valence-corrected chi connectivity index (χ3v) is 4.47. The fourth-order valence-electron chi connectivity index (χ4n) is 2.78. The van der Waals surface area contributed by atoms with Gasteiger partial charge in [-0.2, -0.15) is 0 Å². The highest BCUT2D eigenvalue weighted by Crippen LogP contribution is 2.27. The molecular formula is C21H24N2O5. The number of benzene rings is 2. The number of nitro benzene ring substituents is 1. The average molecular weight is 384 g/mol. The average Bonchev–Trinajstić information content (AvgIpc) is 2.62. The highest BCUT2D eigenvalue weighted by atomic mass is 16.6. The lowest BCUT2D eigenvalue weighted by Gasteiger charge is -2.19. The van der Waals surface area contributed by atoms with E-state index in [2.05, 4.69) is 5.32 Å². The second-order valence-electron chi connectivity index (χ2n) is 6.99. The molecule has 0 heterocycles. The molecule has 1 amide bonds. The van der Waals surface area contributed by atoms with Crippen LogP contribution in [0.2, 0.25) is 0 Å². The monoisotopic (exact) mass is 384 g/mol. The Labute approximate surface area is 163 Å². The lowest BCUT2D eigenvalue weighted by molar-refractivity contribution is -0.385. The summed E-state index contributed by atoms with van der Waals surface area (Å²) in [6.07, 6.45) is -1.06. The lowest BCUT2D eigenvalue weighted by atomic mass is 9.98. The summed E-state index contributed by atoms with van der Waals surface area (Å²) < 4.78 is 5.21. The van der Waals surface area contributed by atoms with Crippen LogP contribution < -0.4 is 5.32 Å². The predicted molar refractivity (Wildman–Crippen MR) is 107 cm³/mol. The fraction of sp³-hybridized carbons (Fsp3) is 0.333. The van der Waals surface area contributed by atoms with Gasteiger partial charge in [-0.15, -0.1) is 0 Å². The molecule has 0 saturated carbocycles. The second kappa shape index (κ2) is 8.65. The van der Waals surface area contributed by atoms with Crippen LogP contribution >= 0.6 is 0 Å². The van der Waals surface area contributed by atoms with Crippen molar-refractivity contribution in [1.29, 1.82) is 0 Å². The Morgan fingerprint density at radius 3 is 2.36 bits per heavy atom. The number of ether oxygens (including phenoxy) is 1. The van der Waals surface area contributed by atoms with Gasteiger partial charge in [-0.05, 0) is 43.9 Å². The fourth-order valence-corrected chi connectivity index (χ4v) is 2.78. The minimum atomic E-state index is -1.06. The van der Waals surface area contributed by atoms with Gasteiger partial charge in [-0.1, -0.05) is 38.1 Å². The van der Waals surface area contributed by atoms with Crippen molar-refractivity contribution in [1.82, 2.24) is 0 Å². The maximum absolute atomic E-state index is 12.5. The molecular weight excluding hydrogens is 360 g/mol. The number of para-hydroxylation sites is 1. The number of nitro groups is 1. The van der Waals surface area contributed by atoms with Crippen LogP contribution in [0.4, 0.5) is 11.4 Å². The van der Waals surface area contributed by atoms with Crippen molar-refractivity contribution in [3.8, 4) is 0 Å². The number of anilines is 1. The molecule has 0 bridgehead atoms. The molecule has 0 aliphatic carbocycles. The first kappa shape index (κ1) is 21.1. The van der Waals surface area contributed by atoms with Gasteiger partial charge in [-0.3, -0.25) is 14.9 Å². The van der Waals surface area contributed by atoms with E-state index in [1.165, 1.54) is 19.1 Å². The standard InChI is InChI=1S/C21H24N2O5/c1-12(2)17-8-6-7-14(4)19(17)22-20(24)15(5)28-21(25)16-10-9-13(3)18(11-16)23(26)27/h6-12,15H,1-5H3,(H,22,24)/t15-/m0/s1. The molecule has 0 aromatic heterocycles. The van der Waals surface area contributed by atoms with Crippen LogP contribution in [0.25, 0.3) is 0 Å². The zero-order valence-electron chi connectivity index (χ0n) is 16.6. The SMILES string of the molecule is Cc1ccc(C(=O)O[C@@H](C)C(=O)Nc2c(C)cccc2C(C)C)cc1[N+](=O)[O-]. The van der Waals surface area contributed by atoms with Gasteiger partial charge in [0.05, 0.1) is 10.5 Å². The van der Waals surface area contributed by atoms with E-state index in [9.17, 15) is 19.7 Å². The molecule has 0 saturated heterocycles. The Kier molecular flexibility index (Phi) is 6.51. The molecule has 0 aliphatic heterocycles. The van der Waals surface area contributed by atoms with E-state index in [4.69, 9.17) is 4.74 Å². The van der Waals surface area contributed by atoms with Crippen LogP contribution in [0, 0.1) is 24.0 Å². The Balaban J connectivity index is 2.14. The first-order chi connectivity index (χ1) is 13.1. The molecule has 0 aliphatic rings. The number of hydrogen-bond donors (Lipinski definition) is 1. The normalized spacial score (nSPS) is 11.8. The van der Waals surface area contributed by atoms with Gasteiger partial charge in [0.25, 0.3) is 11.6 Å². The molecule has 2 aromatic rings. The van der Waals surface area contributed by atoms with Crippen molar-refractivity contribution in [2.24, 2.45) is 0 Å². The zero-order chi connectivity index (χ0) is 21.0. The summed E-state index contributed by atoms with van der Waals surface area (Å²) in [5.41, 5.74) is 2.89. The number of carbonyl (C=O) groups excluding carboxylic acids is 2. The van der Waals surface area contributed by atoms with Crippen LogP contribution in [0.1, 0.15) is 53.7 Å². The molecule has 0 spiro atoms. The second-order valence-corrected chi connectivity index (χ2v) is 6.99. The molecule has 1 N–H and O–H groups in total. The van der Waals surface area contributed by atoms with Gasteiger partial charge in [-0.25, -0.2) is 4.79 Å². The smallest absolute Gasteiger partial charge is 0.339 e. The minimum Gasteiger partial charge on any atom is -0.449 e. The van der Waals surface area contributed by atoms with Gasteiger partial charge in [0, 0.05) is 17.3 Å². The summed E-state index contributed by atoms with van der Waals surface area (Å²) in [5, 5.41) is 13.9. The van der Waals surface area contributed by atoms with Crippen molar-refractivity contribution < 1.29 is 19.2 Å². The number of carbonyl (C=O) groups is 2. The van der Waals surface area contributed by atoms with Crippen molar-refractivity contribution >= 4 is 23.3 Å². The van der Waals surface area contributed by atoms with E-state index in [1.807, 2.05) is 39.0 Å². The summed E-state index contributed by atoms with van der Waals surface area (Å²) in [7, 11) is 0. The van der Waals surface area contributed by atoms with Crippen LogP contribution in [0.5, 0.6) is 0 Å². The van der Waals surface area contributed by atoms with Crippen LogP contribution in [0.3, 0.4) is 0 Å². The summed E-state index contributed by atoms with van der Waals surface area (Å²) in [5.74, 6) is -1.05. The van der Waals surface area contributed by atoms with Gasteiger partial charge in [0.1, 0.15) is 0 Å². The number of nitrogens with zero attached hydrogens (tertiary/aromatic N) is 1.